The van der Waals surface area contributed by atoms with E-state index in [0.717, 1.165) is 24.1 Å². The number of rotatable bonds is 2. The Morgan fingerprint density at radius 1 is 1.29 bits per heavy atom. The maximum absolute atomic E-state index is 5.65. The molecule has 0 amide bonds. The maximum Gasteiger partial charge on any atom is 0.225 e. The molecule has 1 saturated carbocycles. The van der Waals surface area contributed by atoms with Crippen LogP contribution in [-0.4, -0.2) is 22.6 Å². The highest BCUT2D eigenvalue weighted by Gasteiger charge is 2.36. The first-order valence-corrected chi connectivity index (χ1v) is 6.67. The lowest BCUT2D eigenvalue weighted by Gasteiger charge is -2.37. The van der Waals surface area contributed by atoms with Crippen LogP contribution in [0.4, 0.5) is 5.95 Å². The number of anilines is 1. The standard InChI is InChI=1S/C13H20N4/c14-9-11-6-7-15-13(16-11)17-8-2-4-10-3-1-5-12(10)17/h6-7,10,12H,1-5,8-9,14H2. The monoisotopic (exact) mass is 232 g/mol. The van der Waals surface area contributed by atoms with Crippen LogP contribution in [0.5, 0.6) is 0 Å². The van der Waals surface area contributed by atoms with Crippen LogP contribution in [0.2, 0.25) is 0 Å². The molecule has 17 heavy (non-hydrogen) atoms. The van der Waals surface area contributed by atoms with Gasteiger partial charge in [-0.15, -0.1) is 0 Å². The first-order chi connectivity index (χ1) is 8.38. The van der Waals surface area contributed by atoms with Crippen LogP contribution in [0, 0.1) is 5.92 Å². The SMILES string of the molecule is NCc1ccnc(N2CCCC3CCCC32)n1. The Labute approximate surface area is 102 Å². The summed E-state index contributed by atoms with van der Waals surface area (Å²) in [6.45, 7) is 1.60. The zero-order valence-corrected chi connectivity index (χ0v) is 10.2. The van der Waals surface area contributed by atoms with E-state index in [-0.39, 0.29) is 0 Å². The van der Waals surface area contributed by atoms with E-state index in [2.05, 4.69) is 14.9 Å². The molecule has 2 fully saturated rings. The van der Waals surface area contributed by atoms with Gasteiger partial charge in [-0.2, -0.15) is 0 Å². The van der Waals surface area contributed by atoms with Crippen molar-refractivity contribution in [3.63, 3.8) is 0 Å². The molecule has 0 bridgehead atoms. The van der Waals surface area contributed by atoms with Gasteiger partial charge in [-0.3, -0.25) is 0 Å². The zero-order chi connectivity index (χ0) is 11.7. The van der Waals surface area contributed by atoms with Crippen LogP contribution in [0.1, 0.15) is 37.8 Å². The van der Waals surface area contributed by atoms with Crippen LogP contribution in [-0.2, 0) is 6.54 Å². The fourth-order valence-corrected chi connectivity index (χ4v) is 3.34. The smallest absolute Gasteiger partial charge is 0.225 e. The summed E-state index contributed by atoms with van der Waals surface area (Å²) in [7, 11) is 0. The molecule has 1 aromatic rings. The third-order valence-corrected chi connectivity index (χ3v) is 4.16. The van der Waals surface area contributed by atoms with Crippen molar-refractivity contribution in [2.75, 3.05) is 11.4 Å². The van der Waals surface area contributed by atoms with Crippen molar-refractivity contribution in [2.24, 2.45) is 11.7 Å². The van der Waals surface area contributed by atoms with Crippen LogP contribution >= 0.6 is 0 Å². The molecule has 0 aromatic carbocycles. The van der Waals surface area contributed by atoms with Crippen molar-refractivity contribution < 1.29 is 0 Å². The first kappa shape index (κ1) is 11.0. The Morgan fingerprint density at radius 2 is 2.18 bits per heavy atom. The van der Waals surface area contributed by atoms with E-state index in [1.165, 1.54) is 32.1 Å². The molecule has 2 unspecified atom stereocenters. The molecule has 0 radical (unpaired) electrons. The fraction of sp³-hybridized carbons (Fsp3) is 0.692. The Morgan fingerprint density at radius 3 is 3.06 bits per heavy atom. The predicted molar refractivity (Wildman–Crippen MR) is 67.6 cm³/mol. The minimum atomic E-state index is 0.497. The topological polar surface area (TPSA) is 55.0 Å². The molecule has 2 aliphatic rings. The van der Waals surface area contributed by atoms with E-state index >= 15 is 0 Å². The molecule has 2 atom stereocenters. The van der Waals surface area contributed by atoms with Gasteiger partial charge in [-0.25, -0.2) is 9.97 Å². The van der Waals surface area contributed by atoms with Crippen molar-refractivity contribution in [3.05, 3.63) is 18.0 Å². The van der Waals surface area contributed by atoms with Crippen molar-refractivity contribution in [1.29, 1.82) is 0 Å². The number of hydrogen-bond donors (Lipinski definition) is 1. The summed E-state index contributed by atoms with van der Waals surface area (Å²) in [5, 5.41) is 0. The molecular formula is C13H20N4. The van der Waals surface area contributed by atoms with E-state index in [9.17, 15) is 0 Å². The van der Waals surface area contributed by atoms with Crippen molar-refractivity contribution in [1.82, 2.24) is 9.97 Å². The van der Waals surface area contributed by atoms with Crippen molar-refractivity contribution in [3.8, 4) is 0 Å². The summed E-state index contributed by atoms with van der Waals surface area (Å²) in [6, 6.07) is 2.58. The van der Waals surface area contributed by atoms with Gasteiger partial charge in [0, 0.05) is 25.3 Å². The van der Waals surface area contributed by atoms with Gasteiger partial charge >= 0.3 is 0 Å². The number of hydrogen-bond acceptors (Lipinski definition) is 4. The van der Waals surface area contributed by atoms with Crippen molar-refractivity contribution >= 4 is 5.95 Å². The summed E-state index contributed by atoms with van der Waals surface area (Å²) >= 11 is 0. The predicted octanol–water partition coefficient (Wildman–Crippen LogP) is 1.70. The summed E-state index contributed by atoms with van der Waals surface area (Å²) in [5.74, 6) is 1.76. The number of fused-ring (bicyclic) bond motifs is 1. The second kappa shape index (κ2) is 4.61. The molecule has 3 rings (SSSR count). The number of nitrogens with zero attached hydrogens (tertiary/aromatic N) is 3. The second-order valence-electron chi connectivity index (χ2n) is 5.15. The minimum absolute atomic E-state index is 0.497. The Balaban J connectivity index is 1.86. The van der Waals surface area contributed by atoms with Gasteiger partial charge in [0.25, 0.3) is 0 Å². The number of piperidine rings is 1. The van der Waals surface area contributed by atoms with E-state index in [1.54, 1.807) is 0 Å². The van der Waals surface area contributed by atoms with E-state index < -0.39 is 0 Å². The maximum atomic E-state index is 5.65. The van der Waals surface area contributed by atoms with Gasteiger partial charge in [0.05, 0.1) is 5.69 Å². The molecule has 2 N–H and O–H groups in total. The molecule has 1 aliphatic heterocycles. The number of nitrogens with two attached hydrogens (primary N) is 1. The molecule has 1 aliphatic carbocycles. The Bertz CT molecular complexity index is 393. The largest absolute Gasteiger partial charge is 0.338 e. The summed E-state index contributed by atoms with van der Waals surface area (Å²) in [6.07, 6.45) is 8.55. The molecule has 92 valence electrons. The molecule has 0 spiro atoms. The normalized spacial score (nSPS) is 28.2. The molecule has 2 heterocycles. The van der Waals surface area contributed by atoms with Gasteiger partial charge in [0.15, 0.2) is 0 Å². The van der Waals surface area contributed by atoms with E-state index in [0.29, 0.717) is 12.6 Å². The van der Waals surface area contributed by atoms with Gasteiger partial charge in [0.1, 0.15) is 0 Å². The molecular weight excluding hydrogens is 212 g/mol. The van der Waals surface area contributed by atoms with Crippen LogP contribution in [0.25, 0.3) is 0 Å². The summed E-state index contributed by atoms with van der Waals surface area (Å²) in [4.78, 5) is 11.4. The quantitative estimate of drug-likeness (QED) is 0.843. The zero-order valence-electron chi connectivity index (χ0n) is 10.2. The third-order valence-electron chi connectivity index (χ3n) is 4.16. The van der Waals surface area contributed by atoms with Crippen LogP contribution in [0.3, 0.4) is 0 Å². The van der Waals surface area contributed by atoms with E-state index in [4.69, 9.17) is 5.73 Å². The first-order valence-electron chi connectivity index (χ1n) is 6.67. The molecule has 1 aromatic heterocycles. The van der Waals surface area contributed by atoms with Crippen LogP contribution < -0.4 is 10.6 Å². The van der Waals surface area contributed by atoms with Gasteiger partial charge in [-0.05, 0) is 37.7 Å². The average Bonchev–Trinajstić information content (AvgIpc) is 2.87. The highest BCUT2D eigenvalue weighted by molar-refractivity contribution is 5.34. The summed E-state index contributed by atoms with van der Waals surface area (Å²) in [5.41, 5.74) is 6.59. The lowest BCUT2D eigenvalue weighted by Crippen LogP contribution is -2.43. The Kier molecular flexibility index (Phi) is 2.97. The average molecular weight is 232 g/mol. The third kappa shape index (κ3) is 2.02. The lowest BCUT2D eigenvalue weighted by molar-refractivity contribution is 0.358. The molecule has 4 nitrogen and oxygen atoms in total. The highest BCUT2D eigenvalue weighted by Crippen LogP contribution is 2.37. The number of aromatic nitrogens is 2. The van der Waals surface area contributed by atoms with Crippen LogP contribution in [0.15, 0.2) is 12.3 Å². The highest BCUT2D eigenvalue weighted by atomic mass is 15.3. The van der Waals surface area contributed by atoms with Gasteiger partial charge < -0.3 is 10.6 Å². The van der Waals surface area contributed by atoms with Gasteiger partial charge in [-0.1, -0.05) is 6.42 Å². The summed E-state index contributed by atoms with van der Waals surface area (Å²) < 4.78 is 0. The van der Waals surface area contributed by atoms with Crippen molar-refractivity contribution in [2.45, 2.75) is 44.7 Å². The molecule has 4 heteroatoms. The Hall–Kier alpha value is -1.16. The van der Waals surface area contributed by atoms with E-state index in [1.807, 2.05) is 12.3 Å². The minimum Gasteiger partial charge on any atom is -0.338 e. The second-order valence-corrected chi connectivity index (χ2v) is 5.15. The fourth-order valence-electron chi connectivity index (χ4n) is 3.34. The molecule has 1 saturated heterocycles. The lowest BCUT2D eigenvalue weighted by atomic mass is 9.92. The van der Waals surface area contributed by atoms with Gasteiger partial charge in [0.2, 0.25) is 5.95 Å².